The molecule has 0 aromatic heterocycles. The summed E-state index contributed by atoms with van der Waals surface area (Å²) in [6, 6.07) is 4.80. The normalized spacial score (nSPS) is 10.3. The summed E-state index contributed by atoms with van der Waals surface area (Å²) in [7, 11) is 0. The summed E-state index contributed by atoms with van der Waals surface area (Å²) < 4.78 is 23.8. The van der Waals surface area contributed by atoms with Gasteiger partial charge in [0.25, 0.3) is 12.3 Å². The Kier molecular flexibility index (Phi) is 4.19. The van der Waals surface area contributed by atoms with Gasteiger partial charge in [-0.15, -0.1) is 0 Å². The first-order valence-corrected chi connectivity index (χ1v) is 4.68. The average molecular weight is 229 g/mol. The van der Waals surface area contributed by atoms with Crippen LogP contribution in [0.4, 0.5) is 14.5 Å². The third-order valence-corrected chi connectivity index (χ3v) is 2.05. The van der Waals surface area contributed by atoms with Crippen molar-refractivity contribution >= 4 is 11.6 Å². The van der Waals surface area contributed by atoms with Crippen LogP contribution in [0.15, 0.2) is 18.2 Å². The van der Waals surface area contributed by atoms with E-state index in [-0.39, 0.29) is 0 Å². The first kappa shape index (κ1) is 12.4. The fraction of sp³-hybridized carbons (Fsp3) is 0.300. The quantitative estimate of drug-likeness (QED) is 0.538. The molecule has 4 N–H and O–H groups in total. The van der Waals surface area contributed by atoms with E-state index in [0.717, 1.165) is 0 Å². The number of carbonyl (C=O) groups excluding carboxylic acids is 1. The van der Waals surface area contributed by atoms with E-state index in [9.17, 15) is 13.6 Å². The fourth-order valence-electron chi connectivity index (χ4n) is 1.27. The molecule has 0 bridgehead atoms. The average Bonchev–Trinajstić information content (AvgIpc) is 2.25. The minimum Gasteiger partial charge on any atom is -0.346 e. The Hall–Kier alpha value is -1.69. The third-order valence-electron chi connectivity index (χ3n) is 2.05. The highest BCUT2D eigenvalue weighted by Gasteiger charge is 2.11. The summed E-state index contributed by atoms with van der Waals surface area (Å²) in [6.45, 7) is 1.06. The Labute approximate surface area is 91.8 Å². The van der Waals surface area contributed by atoms with Gasteiger partial charge in [-0.1, -0.05) is 0 Å². The molecule has 1 aromatic rings. The van der Waals surface area contributed by atoms with Gasteiger partial charge in [0.05, 0.1) is 6.54 Å². The van der Waals surface area contributed by atoms with Gasteiger partial charge in [0.15, 0.2) is 0 Å². The van der Waals surface area contributed by atoms with Crippen molar-refractivity contribution in [2.75, 3.05) is 12.0 Å². The first-order valence-electron chi connectivity index (χ1n) is 4.68. The van der Waals surface area contributed by atoms with Crippen LogP contribution in [0.5, 0.6) is 0 Å². The number of rotatable bonds is 4. The van der Waals surface area contributed by atoms with E-state index >= 15 is 0 Å². The number of benzene rings is 1. The number of nitrogens with one attached hydrogen (secondary N) is 2. The van der Waals surface area contributed by atoms with Gasteiger partial charge in [-0.3, -0.25) is 10.6 Å². The summed E-state index contributed by atoms with van der Waals surface area (Å²) in [6.07, 6.45) is -2.55. The zero-order valence-corrected chi connectivity index (χ0v) is 8.76. The lowest BCUT2D eigenvalue weighted by atomic mass is 10.1. The second-order valence-corrected chi connectivity index (χ2v) is 3.28. The summed E-state index contributed by atoms with van der Waals surface area (Å²) in [5.41, 5.74) is 4.12. The number of hydrazine groups is 1. The molecule has 0 unspecified atom stereocenters. The zero-order valence-electron chi connectivity index (χ0n) is 8.76. The number of aryl methyl sites for hydroxylation is 1. The van der Waals surface area contributed by atoms with Gasteiger partial charge >= 0.3 is 0 Å². The number of hydrogen-bond acceptors (Lipinski definition) is 3. The number of carbonyl (C=O) groups is 1. The van der Waals surface area contributed by atoms with Crippen molar-refractivity contribution in [2.24, 2.45) is 5.84 Å². The molecule has 16 heavy (non-hydrogen) atoms. The van der Waals surface area contributed by atoms with E-state index in [1.165, 1.54) is 6.07 Å². The first-order chi connectivity index (χ1) is 7.54. The van der Waals surface area contributed by atoms with Gasteiger partial charge in [-0.2, -0.15) is 0 Å². The Balaban J connectivity index is 2.76. The Morgan fingerprint density at radius 1 is 1.50 bits per heavy atom. The number of alkyl halides is 2. The van der Waals surface area contributed by atoms with Crippen molar-refractivity contribution in [3.8, 4) is 0 Å². The molecule has 1 rings (SSSR count). The molecule has 0 aliphatic rings. The third kappa shape index (κ3) is 3.16. The number of halogens is 2. The van der Waals surface area contributed by atoms with Crippen LogP contribution in [0, 0.1) is 6.92 Å². The van der Waals surface area contributed by atoms with Crippen LogP contribution < -0.4 is 16.6 Å². The van der Waals surface area contributed by atoms with E-state index in [1.807, 2.05) is 0 Å². The van der Waals surface area contributed by atoms with Crippen molar-refractivity contribution in [3.63, 3.8) is 0 Å². The van der Waals surface area contributed by atoms with Gasteiger partial charge in [-0.25, -0.2) is 8.78 Å². The van der Waals surface area contributed by atoms with Crippen molar-refractivity contribution in [1.29, 1.82) is 0 Å². The second-order valence-electron chi connectivity index (χ2n) is 3.28. The Bertz CT molecular complexity index is 382. The fourth-order valence-corrected chi connectivity index (χ4v) is 1.27. The van der Waals surface area contributed by atoms with Crippen LogP contribution in [-0.4, -0.2) is 18.9 Å². The molecule has 0 spiro atoms. The highest BCUT2D eigenvalue weighted by molar-refractivity contribution is 5.96. The van der Waals surface area contributed by atoms with Gasteiger partial charge in [-0.05, 0) is 30.7 Å². The minimum absolute atomic E-state index is 0.361. The zero-order chi connectivity index (χ0) is 12.1. The van der Waals surface area contributed by atoms with Crippen LogP contribution in [0.1, 0.15) is 15.9 Å². The second kappa shape index (κ2) is 5.41. The molecule has 0 saturated carbocycles. The molecule has 0 aliphatic carbocycles. The molecule has 1 amide bonds. The molecule has 0 aliphatic heterocycles. The van der Waals surface area contributed by atoms with Crippen LogP contribution in [0.2, 0.25) is 0 Å². The molecule has 0 saturated heterocycles. The van der Waals surface area contributed by atoms with Crippen LogP contribution in [0.25, 0.3) is 0 Å². The number of amides is 1. The lowest BCUT2D eigenvalue weighted by molar-refractivity contribution is 0.0891. The van der Waals surface area contributed by atoms with Crippen LogP contribution >= 0.6 is 0 Å². The molecule has 1 aromatic carbocycles. The van der Waals surface area contributed by atoms with Crippen LogP contribution in [0.3, 0.4) is 0 Å². The van der Waals surface area contributed by atoms with E-state index in [1.54, 1.807) is 19.1 Å². The monoisotopic (exact) mass is 229 g/mol. The Morgan fingerprint density at radius 3 is 2.69 bits per heavy atom. The molecule has 0 radical (unpaired) electrons. The SMILES string of the molecule is Cc1cc(NN)ccc1C(=O)NCC(F)F. The van der Waals surface area contributed by atoms with Crippen molar-refractivity contribution < 1.29 is 13.6 Å². The molecule has 4 nitrogen and oxygen atoms in total. The topological polar surface area (TPSA) is 67.1 Å². The predicted octanol–water partition coefficient (Wildman–Crippen LogP) is 1.28. The summed E-state index contributed by atoms with van der Waals surface area (Å²) in [4.78, 5) is 11.5. The molecule has 6 heteroatoms. The lowest BCUT2D eigenvalue weighted by Gasteiger charge is -2.08. The Morgan fingerprint density at radius 2 is 2.19 bits per heavy atom. The van der Waals surface area contributed by atoms with Gasteiger partial charge in [0.1, 0.15) is 0 Å². The molecular weight excluding hydrogens is 216 g/mol. The summed E-state index contributed by atoms with van der Waals surface area (Å²) in [5, 5.41) is 2.14. The summed E-state index contributed by atoms with van der Waals surface area (Å²) in [5.74, 6) is 4.68. The van der Waals surface area contributed by atoms with Gasteiger partial charge < -0.3 is 10.7 Å². The standard InChI is InChI=1S/C10H13F2N3O/c1-6-4-7(15-13)2-3-8(6)10(16)14-5-9(11)12/h2-4,9,15H,5,13H2,1H3,(H,14,16). The van der Waals surface area contributed by atoms with Crippen LogP contribution in [-0.2, 0) is 0 Å². The minimum atomic E-state index is -2.55. The number of anilines is 1. The number of nitrogen functional groups attached to an aromatic ring is 1. The maximum absolute atomic E-state index is 11.9. The van der Waals surface area contributed by atoms with Gasteiger partial charge in [0, 0.05) is 11.3 Å². The maximum Gasteiger partial charge on any atom is 0.255 e. The molecule has 0 heterocycles. The smallest absolute Gasteiger partial charge is 0.255 e. The molecule has 0 fully saturated rings. The van der Waals surface area contributed by atoms with Crippen molar-refractivity contribution in [2.45, 2.75) is 13.3 Å². The maximum atomic E-state index is 11.9. The predicted molar refractivity (Wildman–Crippen MR) is 57.3 cm³/mol. The molecular formula is C10H13F2N3O. The lowest BCUT2D eigenvalue weighted by Crippen LogP contribution is -2.29. The molecule has 88 valence electrons. The van der Waals surface area contributed by atoms with E-state index < -0.39 is 18.9 Å². The number of nitrogens with two attached hydrogens (primary N) is 1. The van der Waals surface area contributed by atoms with E-state index in [2.05, 4.69) is 10.7 Å². The van der Waals surface area contributed by atoms with Crippen molar-refractivity contribution in [3.05, 3.63) is 29.3 Å². The van der Waals surface area contributed by atoms with E-state index in [4.69, 9.17) is 5.84 Å². The largest absolute Gasteiger partial charge is 0.346 e. The van der Waals surface area contributed by atoms with Gasteiger partial charge in [0.2, 0.25) is 0 Å². The number of hydrogen-bond donors (Lipinski definition) is 3. The van der Waals surface area contributed by atoms with E-state index in [0.29, 0.717) is 16.8 Å². The molecule has 0 atom stereocenters. The van der Waals surface area contributed by atoms with Crippen molar-refractivity contribution in [1.82, 2.24) is 5.32 Å². The highest BCUT2D eigenvalue weighted by atomic mass is 19.3. The highest BCUT2D eigenvalue weighted by Crippen LogP contribution is 2.14. The summed E-state index contributed by atoms with van der Waals surface area (Å²) >= 11 is 0.